The zero-order valence-corrected chi connectivity index (χ0v) is 68.3. The summed E-state index contributed by atoms with van der Waals surface area (Å²) < 4.78 is 97.5. The van der Waals surface area contributed by atoms with Crippen LogP contribution in [0, 0.1) is 20.8 Å². The van der Waals surface area contributed by atoms with Crippen molar-refractivity contribution in [3.05, 3.63) is 240 Å². The highest BCUT2D eigenvalue weighted by molar-refractivity contribution is 8.57. The first kappa shape index (κ1) is 87.9. The summed E-state index contributed by atoms with van der Waals surface area (Å²) in [5.41, 5.74) is 3.32. The number of carbonyl (C=O) groups is 4. The van der Waals surface area contributed by atoms with Gasteiger partial charge in [-0.25, -0.2) is 38.6 Å². The van der Waals surface area contributed by atoms with Gasteiger partial charge in [-0.3, -0.25) is 19.2 Å². The number of para-hydroxylation sites is 4. The second-order valence-electron chi connectivity index (χ2n) is 24.2. The van der Waals surface area contributed by atoms with Gasteiger partial charge in [-0.1, -0.05) is 137 Å². The molecule has 104 heavy (non-hydrogen) atoms. The van der Waals surface area contributed by atoms with Crippen LogP contribution in [0.4, 0.5) is 0 Å². The van der Waals surface area contributed by atoms with Gasteiger partial charge in [-0.15, -0.1) is 0 Å². The molecule has 20 nitrogen and oxygen atoms in total. The van der Waals surface area contributed by atoms with Crippen LogP contribution in [-0.4, -0.2) is 72.5 Å². The van der Waals surface area contributed by atoms with Crippen LogP contribution in [0.2, 0.25) is 5.02 Å². The van der Waals surface area contributed by atoms with Crippen molar-refractivity contribution in [2.75, 3.05) is 0 Å². The Bertz CT molecular complexity index is 3600. The molecular weight excluding hydrogens is 1500 g/mol. The van der Waals surface area contributed by atoms with Gasteiger partial charge >= 0.3 is 50.8 Å². The number of nitrogens with one attached hydrogen (secondary N) is 4. The normalized spacial score (nSPS) is 14.5. The molecule has 8 aromatic rings. The quantitative estimate of drug-likeness (QED) is 0.0173. The molecular formula is C75H93ClN4O16P4S4. The lowest BCUT2D eigenvalue weighted by molar-refractivity contribution is -0.149. The van der Waals surface area contributed by atoms with Crippen molar-refractivity contribution in [3.8, 4) is 23.0 Å². The standard InChI is InChI=1S/3C19H24NO4PS.C18H21ClNO4PS/c3*1-14(2)23-19(21)16(4)20-25(22,24-17-8-6-5-7-9-17)26-18-12-10-15(3)11-13-18;1-13(2)23-18(21)14(3)20-25(22,24-16-7-5-4-6-8-16)26-17-11-9-15(19)10-12-17/h3*5-14,16H,1-4H3,(H,20,22);4-14H,1-3H3,(H,20,22)/t16-,25+;2*16-,25-;14-,25+/m1100/s1. The van der Waals surface area contributed by atoms with Crippen LogP contribution in [-0.2, 0) is 56.4 Å². The summed E-state index contributed by atoms with van der Waals surface area (Å²) in [6, 6.07) is 62.1. The van der Waals surface area contributed by atoms with E-state index < -0.39 is 74.9 Å². The van der Waals surface area contributed by atoms with Crippen LogP contribution in [0.25, 0.3) is 0 Å². The molecule has 8 atom stereocenters. The summed E-state index contributed by atoms with van der Waals surface area (Å²) in [4.78, 5) is 51.5. The molecule has 29 heteroatoms. The topological polar surface area (TPSA) is 259 Å². The molecule has 0 aliphatic rings. The molecule has 0 unspecified atom stereocenters. The molecule has 0 amide bonds. The first-order valence-corrected chi connectivity index (χ1v) is 45.7. The lowest BCUT2D eigenvalue weighted by atomic mass is 10.2. The van der Waals surface area contributed by atoms with Crippen LogP contribution in [0.1, 0.15) is 99.8 Å². The van der Waals surface area contributed by atoms with Crippen LogP contribution >= 0.6 is 84.0 Å². The molecule has 0 aliphatic carbocycles. The number of hydrogen-bond acceptors (Lipinski definition) is 20. The Kier molecular flexibility index (Phi) is 37.0. The Morgan fingerprint density at radius 1 is 0.288 bits per heavy atom. The fraction of sp³-hybridized carbons (Fsp3) is 0.307. The van der Waals surface area contributed by atoms with E-state index in [1.807, 2.05) is 118 Å². The van der Waals surface area contributed by atoms with E-state index in [1.165, 1.54) is 0 Å². The van der Waals surface area contributed by atoms with Crippen molar-refractivity contribution in [3.63, 3.8) is 0 Å². The van der Waals surface area contributed by atoms with Crippen LogP contribution in [0.15, 0.2) is 238 Å². The maximum absolute atomic E-state index is 13.5. The Labute approximate surface area is 633 Å². The fourth-order valence-electron chi connectivity index (χ4n) is 8.11. The third kappa shape index (κ3) is 34.2. The van der Waals surface area contributed by atoms with Gasteiger partial charge in [-0.2, -0.15) is 0 Å². The molecule has 560 valence electrons. The van der Waals surface area contributed by atoms with Gasteiger partial charge in [0.25, 0.3) is 0 Å². The number of ether oxygens (including phenoxy) is 4. The Morgan fingerprint density at radius 3 is 0.635 bits per heavy atom. The summed E-state index contributed by atoms with van der Waals surface area (Å²) in [6.07, 6.45) is -0.993. The Hall–Kier alpha value is -6.71. The van der Waals surface area contributed by atoms with Crippen molar-refractivity contribution in [2.45, 2.75) is 172 Å². The maximum Gasteiger partial charge on any atom is 0.379 e. The Balaban J connectivity index is 0.000000249. The highest BCUT2D eigenvalue weighted by Gasteiger charge is 2.36. The van der Waals surface area contributed by atoms with E-state index in [0.29, 0.717) is 32.9 Å². The lowest BCUT2D eigenvalue weighted by Crippen LogP contribution is -2.35. The SMILES string of the molecule is CC(C)OC(=O)[C@H](C)N[P@@](=O)(Oc1ccccc1)Sc1ccc(Cl)cc1.Cc1ccc(S[P@@](=O)(N[C@H](C)C(=O)OC(C)C)Oc2ccccc2)cc1.Cc1ccc(S[P@](=O)(N[C@@H](C)C(=O)OC(C)C)Oc2ccccc2)cc1.Cc1ccc(S[P@](=O)(N[C@H](C)C(=O)OC(C)C)Oc2ccccc2)cc1. The van der Waals surface area contributed by atoms with E-state index in [4.69, 9.17) is 48.6 Å². The van der Waals surface area contributed by atoms with Crippen LogP contribution < -0.4 is 38.4 Å². The minimum atomic E-state index is -3.51. The number of carbonyl (C=O) groups excluding carboxylic acids is 4. The summed E-state index contributed by atoms with van der Waals surface area (Å²) in [5.74, 6) is -0.0703. The molecule has 0 radical (unpaired) electrons. The van der Waals surface area contributed by atoms with Gasteiger partial charge in [0.15, 0.2) is 0 Å². The first-order chi connectivity index (χ1) is 49.1. The van der Waals surface area contributed by atoms with Gasteiger partial charge in [0.1, 0.15) is 47.2 Å². The molecule has 0 heterocycles. The van der Waals surface area contributed by atoms with Gasteiger partial charge in [-0.05, 0) is 259 Å². The van der Waals surface area contributed by atoms with Gasteiger partial charge in [0.05, 0.1) is 24.4 Å². The molecule has 0 saturated carbocycles. The molecule has 0 fully saturated rings. The molecule has 0 saturated heterocycles. The summed E-state index contributed by atoms with van der Waals surface area (Å²) in [7, 11) is 0. The van der Waals surface area contributed by atoms with Crippen molar-refractivity contribution in [2.24, 2.45) is 0 Å². The fourth-order valence-corrected chi connectivity index (χ4v) is 23.7. The lowest BCUT2D eigenvalue weighted by Gasteiger charge is -2.23. The molecule has 8 rings (SSSR count). The van der Waals surface area contributed by atoms with E-state index in [2.05, 4.69) is 20.3 Å². The molecule has 8 aromatic carbocycles. The summed E-state index contributed by atoms with van der Waals surface area (Å²) >= 11 is 10.1. The first-order valence-electron chi connectivity index (χ1n) is 33.1. The minimum Gasteiger partial charge on any atom is -0.462 e. The predicted molar refractivity (Wildman–Crippen MR) is 422 cm³/mol. The largest absolute Gasteiger partial charge is 0.462 e. The highest BCUT2D eigenvalue weighted by atomic mass is 35.5. The summed E-state index contributed by atoms with van der Waals surface area (Å²) in [6.45, 7) is 12.6. The van der Waals surface area contributed by atoms with Crippen LogP contribution in [0.3, 0.4) is 0 Å². The molecule has 0 bridgehead atoms. The van der Waals surface area contributed by atoms with E-state index in [-0.39, 0.29) is 24.4 Å². The second-order valence-corrected chi connectivity index (χ2v) is 41.0. The molecule has 0 aliphatic heterocycles. The van der Waals surface area contributed by atoms with E-state index >= 15 is 0 Å². The second kappa shape index (κ2) is 43.8. The van der Waals surface area contributed by atoms with E-state index in [1.54, 1.807) is 204 Å². The number of rotatable bonds is 32. The predicted octanol–water partition coefficient (Wildman–Crippen LogP) is 21.2. The molecule has 4 N–H and O–H groups in total. The third-order valence-corrected chi connectivity index (χ3v) is 28.2. The number of benzene rings is 8. The van der Waals surface area contributed by atoms with Gasteiger partial charge in [0.2, 0.25) is 0 Å². The average Bonchev–Trinajstić information content (AvgIpc) is 0.850. The maximum atomic E-state index is 13.5. The van der Waals surface area contributed by atoms with E-state index in [9.17, 15) is 37.4 Å². The highest BCUT2D eigenvalue weighted by Crippen LogP contribution is 2.62. The van der Waals surface area contributed by atoms with Crippen LogP contribution in [0.5, 0.6) is 23.0 Å². The number of esters is 4. The van der Waals surface area contributed by atoms with Gasteiger partial charge < -0.3 is 37.0 Å². The molecule has 0 spiro atoms. The monoisotopic (exact) mass is 1590 g/mol. The number of aryl methyl sites for hydroxylation is 3. The third-order valence-electron chi connectivity index (χ3n) is 12.9. The number of hydrogen-bond donors (Lipinski definition) is 4. The van der Waals surface area contributed by atoms with Crippen molar-refractivity contribution < 1.29 is 74.5 Å². The zero-order valence-electron chi connectivity index (χ0n) is 60.7. The smallest absolute Gasteiger partial charge is 0.379 e. The number of halogens is 1. The zero-order chi connectivity index (χ0) is 76.6. The van der Waals surface area contributed by atoms with Crippen molar-refractivity contribution in [1.82, 2.24) is 20.3 Å². The summed E-state index contributed by atoms with van der Waals surface area (Å²) in [5, 5.41) is 11.9. The Morgan fingerprint density at radius 2 is 0.462 bits per heavy atom. The van der Waals surface area contributed by atoms with Crippen molar-refractivity contribution >= 4 is 108 Å². The van der Waals surface area contributed by atoms with Crippen molar-refractivity contribution in [1.29, 1.82) is 0 Å². The van der Waals surface area contributed by atoms with E-state index in [0.717, 1.165) is 76.9 Å². The minimum absolute atomic E-state index is 0.245. The average molecular weight is 1590 g/mol. The molecule has 0 aromatic heterocycles. The van der Waals surface area contributed by atoms with Gasteiger partial charge in [0, 0.05) is 24.6 Å².